The van der Waals surface area contributed by atoms with Gasteiger partial charge in [0.25, 0.3) is 0 Å². The van der Waals surface area contributed by atoms with E-state index in [-0.39, 0.29) is 0 Å². The van der Waals surface area contributed by atoms with Crippen molar-refractivity contribution in [1.29, 1.82) is 0 Å². The Morgan fingerprint density at radius 3 is 2.22 bits per heavy atom. The summed E-state index contributed by atoms with van der Waals surface area (Å²) in [6.07, 6.45) is 2.14. The van der Waals surface area contributed by atoms with Crippen LogP contribution in [0.1, 0.15) is 31.4 Å². The third kappa shape index (κ3) is 9.35. The molecular formula is C20H24ClF2NO3. The predicted molar refractivity (Wildman–Crippen MR) is 103 cm³/mol. The highest BCUT2D eigenvalue weighted by molar-refractivity contribution is 6.32. The number of nitrogens with zero attached hydrogens (tertiary/aromatic N) is 1. The van der Waals surface area contributed by atoms with Crippen molar-refractivity contribution in [1.82, 2.24) is 0 Å². The number of ether oxygens (including phenoxy) is 2. The molecular weight excluding hydrogens is 376 g/mol. The first-order chi connectivity index (χ1) is 13.0. The van der Waals surface area contributed by atoms with Crippen molar-refractivity contribution in [3.05, 3.63) is 64.2 Å². The normalized spacial score (nSPS) is 10.6. The van der Waals surface area contributed by atoms with Gasteiger partial charge in [-0.25, -0.2) is 8.78 Å². The van der Waals surface area contributed by atoms with E-state index in [4.69, 9.17) is 26.3 Å². The second-order valence-corrected chi connectivity index (χ2v) is 5.84. The van der Waals surface area contributed by atoms with Crippen LogP contribution in [0, 0.1) is 11.6 Å². The van der Waals surface area contributed by atoms with Gasteiger partial charge < -0.3 is 14.7 Å². The lowest BCUT2D eigenvalue weighted by Crippen LogP contribution is -1.99. The smallest absolute Gasteiger partial charge is 0.137 e. The Balaban J connectivity index is 0.000000646. The average Bonchev–Trinajstić information content (AvgIpc) is 2.60. The molecule has 27 heavy (non-hydrogen) atoms. The highest BCUT2D eigenvalue weighted by Gasteiger charge is 2.06. The van der Waals surface area contributed by atoms with E-state index in [1.54, 1.807) is 18.2 Å². The lowest BCUT2D eigenvalue weighted by Gasteiger charge is -2.09. The fourth-order valence-corrected chi connectivity index (χ4v) is 2.46. The first-order valence-electron chi connectivity index (χ1n) is 8.59. The molecule has 0 aliphatic heterocycles. The standard InChI is InChI=1S/C16H14ClF2NO2.C4H10O/c17-15-9-11(2-3-16(15)22-5-1-4-20-21)6-12-7-13(18)10-14(19)8-12;1-3-5-4-2/h2-4,7-10,21H,1,5-6H2;3-4H2,1-2H3. The van der Waals surface area contributed by atoms with Gasteiger partial charge in [-0.2, -0.15) is 0 Å². The maximum atomic E-state index is 13.2. The van der Waals surface area contributed by atoms with Crippen LogP contribution in [0.15, 0.2) is 41.6 Å². The van der Waals surface area contributed by atoms with E-state index < -0.39 is 11.6 Å². The van der Waals surface area contributed by atoms with Gasteiger partial charge in [0.05, 0.1) is 11.6 Å². The van der Waals surface area contributed by atoms with Gasteiger partial charge in [-0.3, -0.25) is 0 Å². The highest BCUT2D eigenvalue weighted by Crippen LogP contribution is 2.26. The first kappa shape index (κ1) is 22.9. The van der Waals surface area contributed by atoms with Crippen molar-refractivity contribution in [2.45, 2.75) is 26.7 Å². The Kier molecular flexibility index (Phi) is 11.1. The molecule has 0 atom stereocenters. The molecule has 0 unspecified atom stereocenters. The number of hydrogen-bond donors (Lipinski definition) is 1. The Hall–Kier alpha value is -2.18. The minimum atomic E-state index is -0.605. The van der Waals surface area contributed by atoms with Crippen molar-refractivity contribution in [2.75, 3.05) is 19.8 Å². The molecule has 148 valence electrons. The van der Waals surface area contributed by atoms with Gasteiger partial charge in [-0.1, -0.05) is 17.7 Å². The minimum Gasteiger partial charge on any atom is -0.492 e. The Bertz CT molecular complexity index is 704. The molecule has 0 aliphatic carbocycles. The predicted octanol–water partition coefficient (Wildman–Crippen LogP) is 5.48. The van der Waals surface area contributed by atoms with E-state index in [0.29, 0.717) is 35.8 Å². The SMILES string of the molecule is CCOCC.ON=CCCOc1ccc(Cc2cc(F)cc(F)c2)cc1Cl. The summed E-state index contributed by atoms with van der Waals surface area (Å²) >= 11 is 6.11. The van der Waals surface area contributed by atoms with Gasteiger partial charge in [-0.15, -0.1) is 5.16 Å². The van der Waals surface area contributed by atoms with Crippen molar-refractivity contribution in [3.8, 4) is 5.75 Å². The molecule has 0 aliphatic rings. The maximum absolute atomic E-state index is 13.2. The quantitative estimate of drug-likeness (QED) is 0.277. The molecule has 1 N–H and O–H groups in total. The van der Waals surface area contributed by atoms with Gasteiger partial charge >= 0.3 is 0 Å². The van der Waals surface area contributed by atoms with E-state index in [2.05, 4.69) is 5.16 Å². The number of oxime groups is 1. The van der Waals surface area contributed by atoms with E-state index in [9.17, 15) is 8.78 Å². The molecule has 0 aromatic heterocycles. The van der Waals surface area contributed by atoms with Gasteiger partial charge in [0.2, 0.25) is 0 Å². The minimum absolute atomic E-state index is 0.332. The largest absolute Gasteiger partial charge is 0.492 e. The van der Waals surface area contributed by atoms with Gasteiger partial charge in [0.15, 0.2) is 0 Å². The summed E-state index contributed by atoms with van der Waals surface area (Å²) < 4.78 is 36.6. The van der Waals surface area contributed by atoms with E-state index in [1.807, 2.05) is 13.8 Å². The molecule has 7 heteroatoms. The summed E-state index contributed by atoms with van der Waals surface area (Å²) in [4.78, 5) is 0. The van der Waals surface area contributed by atoms with Crippen LogP contribution in [-0.2, 0) is 11.2 Å². The molecule has 2 aromatic rings. The molecule has 0 radical (unpaired) electrons. The lowest BCUT2D eigenvalue weighted by molar-refractivity contribution is 0.162. The van der Waals surface area contributed by atoms with Crippen molar-refractivity contribution in [2.24, 2.45) is 5.16 Å². The fraction of sp³-hybridized carbons (Fsp3) is 0.350. The molecule has 0 fully saturated rings. The van der Waals surface area contributed by atoms with Gasteiger partial charge in [0, 0.05) is 31.9 Å². The zero-order chi connectivity index (χ0) is 20.1. The van der Waals surface area contributed by atoms with Crippen LogP contribution in [-0.4, -0.2) is 31.2 Å². The van der Waals surface area contributed by atoms with Gasteiger partial charge in [0.1, 0.15) is 17.4 Å². The third-order valence-electron chi connectivity index (χ3n) is 3.32. The van der Waals surface area contributed by atoms with Crippen LogP contribution in [0.2, 0.25) is 5.02 Å². The lowest BCUT2D eigenvalue weighted by atomic mass is 10.0. The summed E-state index contributed by atoms with van der Waals surface area (Å²) in [7, 11) is 0. The maximum Gasteiger partial charge on any atom is 0.137 e. The van der Waals surface area contributed by atoms with Crippen LogP contribution in [0.3, 0.4) is 0 Å². The van der Waals surface area contributed by atoms with Crippen LogP contribution in [0.25, 0.3) is 0 Å². The number of benzene rings is 2. The van der Waals surface area contributed by atoms with Crippen LogP contribution >= 0.6 is 11.6 Å². The monoisotopic (exact) mass is 399 g/mol. The molecule has 0 heterocycles. The molecule has 0 amide bonds. The Morgan fingerprint density at radius 1 is 1.04 bits per heavy atom. The van der Waals surface area contributed by atoms with E-state index in [1.165, 1.54) is 18.3 Å². The number of rotatable bonds is 8. The molecule has 0 saturated heterocycles. The molecule has 2 aromatic carbocycles. The molecule has 0 saturated carbocycles. The van der Waals surface area contributed by atoms with Crippen molar-refractivity contribution >= 4 is 17.8 Å². The second-order valence-electron chi connectivity index (χ2n) is 5.44. The Morgan fingerprint density at radius 2 is 1.70 bits per heavy atom. The summed E-state index contributed by atoms with van der Waals surface area (Å²) in [5.41, 5.74) is 1.35. The fourth-order valence-electron chi connectivity index (χ4n) is 2.20. The van der Waals surface area contributed by atoms with Gasteiger partial charge in [-0.05, 0) is 55.7 Å². The summed E-state index contributed by atoms with van der Waals surface area (Å²) in [6, 6.07) is 8.59. The van der Waals surface area contributed by atoms with Crippen molar-refractivity contribution < 1.29 is 23.5 Å². The number of hydrogen-bond acceptors (Lipinski definition) is 4. The first-order valence-corrected chi connectivity index (χ1v) is 8.97. The molecule has 4 nitrogen and oxygen atoms in total. The van der Waals surface area contributed by atoms with Crippen LogP contribution in [0.5, 0.6) is 5.75 Å². The topological polar surface area (TPSA) is 51.0 Å². The Labute approximate surface area is 163 Å². The van der Waals surface area contributed by atoms with Crippen LogP contribution < -0.4 is 4.74 Å². The van der Waals surface area contributed by atoms with Crippen molar-refractivity contribution in [3.63, 3.8) is 0 Å². The van der Waals surface area contributed by atoms with Crippen LogP contribution in [0.4, 0.5) is 8.78 Å². The molecule has 0 bridgehead atoms. The molecule has 0 spiro atoms. The third-order valence-corrected chi connectivity index (χ3v) is 3.62. The zero-order valence-corrected chi connectivity index (χ0v) is 16.2. The summed E-state index contributed by atoms with van der Waals surface area (Å²) in [5, 5.41) is 11.5. The van der Waals surface area contributed by atoms with E-state index >= 15 is 0 Å². The number of halogens is 3. The van der Waals surface area contributed by atoms with E-state index in [0.717, 1.165) is 24.8 Å². The highest BCUT2D eigenvalue weighted by atomic mass is 35.5. The zero-order valence-electron chi connectivity index (χ0n) is 15.4. The molecule has 2 rings (SSSR count). The second kappa shape index (κ2) is 13.1. The summed E-state index contributed by atoms with van der Waals surface area (Å²) in [5.74, 6) is -0.708. The average molecular weight is 400 g/mol. The summed E-state index contributed by atoms with van der Waals surface area (Å²) in [6.45, 7) is 6.00.